The summed E-state index contributed by atoms with van der Waals surface area (Å²) < 4.78 is 0. The van der Waals surface area contributed by atoms with E-state index in [-0.39, 0.29) is 0 Å². The number of aromatic nitrogens is 3. The first-order valence-corrected chi connectivity index (χ1v) is 6.37. The second-order valence-electron chi connectivity index (χ2n) is 4.61. The Kier molecular flexibility index (Phi) is 3.89. The van der Waals surface area contributed by atoms with Gasteiger partial charge in [0.25, 0.3) is 0 Å². The summed E-state index contributed by atoms with van der Waals surface area (Å²) in [5.74, 6) is 0.754. The molecule has 5 heteroatoms. The van der Waals surface area contributed by atoms with Gasteiger partial charge >= 0.3 is 0 Å². The van der Waals surface area contributed by atoms with Crippen LogP contribution in [0.1, 0.15) is 31.2 Å². The highest BCUT2D eigenvalue weighted by atomic mass is 15.3. The van der Waals surface area contributed by atoms with Crippen LogP contribution < -0.4 is 10.2 Å². The molecule has 94 valence electrons. The normalized spacial score (nSPS) is 19.6. The summed E-state index contributed by atoms with van der Waals surface area (Å²) in [5.41, 5.74) is 1.87. The molecule has 1 unspecified atom stereocenters. The molecule has 1 saturated heterocycles. The Bertz CT molecular complexity index is 373. The first-order chi connectivity index (χ1) is 8.20. The molecule has 0 bridgehead atoms. The second kappa shape index (κ2) is 5.40. The minimum Gasteiger partial charge on any atom is -0.338 e. The van der Waals surface area contributed by atoms with E-state index in [2.05, 4.69) is 32.3 Å². The van der Waals surface area contributed by atoms with E-state index < -0.39 is 0 Å². The van der Waals surface area contributed by atoms with Gasteiger partial charge in [0.05, 0.1) is 11.4 Å². The molecule has 2 rings (SSSR count). The topological polar surface area (TPSA) is 53.9 Å². The van der Waals surface area contributed by atoms with E-state index in [9.17, 15) is 0 Å². The summed E-state index contributed by atoms with van der Waals surface area (Å²) in [4.78, 5) is 6.71. The van der Waals surface area contributed by atoms with Crippen molar-refractivity contribution >= 4 is 5.95 Å². The molecule has 5 nitrogen and oxygen atoms in total. The van der Waals surface area contributed by atoms with Crippen LogP contribution in [0.3, 0.4) is 0 Å². The fourth-order valence-corrected chi connectivity index (χ4v) is 2.11. The molecule has 0 spiro atoms. The number of hydrogen-bond acceptors (Lipinski definition) is 5. The number of hydrogen-bond donors (Lipinski definition) is 1. The van der Waals surface area contributed by atoms with E-state index in [4.69, 9.17) is 0 Å². The predicted octanol–water partition coefficient (Wildman–Crippen LogP) is 1.07. The van der Waals surface area contributed by atoms with Crippen LogP contribution in [-0.2, 0) is 0 Å². The van der Waals surface area contributed by atoms with Crippen LogP contribution >= 0.6 is 0 Å². The molecule has 1 N–H and O–H groups in total. The van der Waals surface area contributed by atoms with Gasteiger partial charge in [0.15, 0.2) is 0 Å². The lowest BCUT2D eigenvalue weighted by Gasteiger charge is -2.24. The second-order valence-corrected chi connectivity index (χ2v) is 4.61. The Morgan fingerprint density at radius 1 is 1.29 bits per heavy atom. The molecule has 0 saturated carbocycles. The number of nitrogens with zero attached hydrogens (tertiary/aromatic N) is 4. The van der Waals surface area contributed by atoms with Gasteiger partial charge in [0, 0.05) is 19.1 Å². The molecule has 2 heterocycles. The molecule has 1 aromatic heterocycles. The van der Waals surface area contributed by atoms with Crippen molar-refractivity contribution in [1.29, 1.82) is 0 Å². The van der Waals surface area contributed by atoms with Gasteiger partial charge in [-0.15, -0.1) is 5.10 Å². The van der Waals surface area contributed by atoms with E-state index >= 15 is 0 Å². The zero-order valence-electron chi connectivity index (χ0n) is 10.9. The van der Waals surface area contributed by atoms with Gasteiger partial charge in [0.2, 0.25) is 5.95 Å². The summed E-state index contributed by atoms with van der Waals surface area (Å²) in [6.07, 6.45) is 2.52. The Morgan fingerprint density at radius 3 is 2.71 bits per heavy atom. The SMILES string of the molecule is CCN(CC1CCCN1)c1nnc(C)c(C)n1. The van der Waals surface area contributed by atoms with Gasteiger partial charge in [-0.25, -0.2) is 4.98 Å². The zero-order chi connectivity index (χ0) is 12.3. The van der Waals surface area contributed by atoms with Gasteiger partial charge in [-0.2, -0.15) is 5.10 Å². The fourth-order valence-electron chi connectivity index (χ4n) is 2.11. The van der Waals surface area contributed by atoms with Crippen LogP contribution in [-0.4, -0.2) is 40.9 Å². The molecule has 1 aromatic rings. The van der Waals surface area contributed by atoms with Crippen molar-refractivity contribution in [1.82, 2.24) is 20.5 Å². The highest BCUT2D eigenvalue weighted by Gasteiger charge is 2.19. The molecule has 1 aliphatic heterocycles. The summed E-state index contributed by atoms with van der Waals surface area (Å²) in [5, 5.41) is 11.8. The number of rotatable bonds is 4. The minimum atomic E-state index is 0.570. The third kappa shape index (κ3) is 2.91. The van der Waals surface area contributed by atoms with Crippen LogP contribution in [0.4, 0.5) is 5.95 Å². The van der Waals surface area contributed by atoms with Crippen molar-refractivity contribution in [2.45, 2.75) is 39.7 Å². The number of likely N-dealkylation sites (N-methyl/N-ethyl adjacent to an activating group) is 1. The molecule has 1 fully saturated rings. The lowest BCUT2D eigenvalue weighted by Crippen LogP contribution is -2.38. The van der Waals surface area contributed by atoms with Gasteiger partial charge in [-0.05, 0) is 40.2 Å². The van der Waals surface area contributed by atoms with Crippen LogP contribution in [0.25, 0.3) is 0 Å². The Labute approximate surface area is 103 Å². The van der Waals surface area contributed by atoms with Crippen molar-refractivity contribution in [2.24, 2.45) is 0 Å². The quantitative estimate of drug-likeness (QED) is 0.846. The molecule has 0 radical (unpaired) electrons. The van der Waals surface area contributed by atoms with Crippen LogP contribution in [0.5, 0.6) is 0 Å². The van der Waals surface area contributed by atoms with Crippen LogP contribution in [0, 0.1) is 13.8 Å². The highest BCUT2D eigenvalue weighted by molar-refractivity contribution is 5.30. The molecule has 17 heavy (non-hydrogen) atoms. The zero-order valence-corrected chi connectivity index (χ0v) is 10.9. The Morgan fingerprint density at radius 2 is 2.12 bits per heavy atom. The molecule has 0 amide bonds. The monoisotopic (exact) mass is 235 g/mol. The lowest BCUT2D eigenvalue weighted by molar-refractivity contribution is 0.577. The van der Waals surface area contributed by atoms with E-state index in [0.29, 0.717) is 6.04 Å². The number of aryl methyl sites for hydroxylation is 2. The highest BCUT2D eigenvalue weighted by Crippen LogP contribution is 2.12. The molecule has 0 aromatic carbocycles. The third-order valence-electron chi connectivity index (χ3n) is 3.35. The Balaban J connectivity index is 2.08. The van der Waals surface area contributed by atoms with Crippen molar-refractivity contribution in [3.05, 3.63) is 11.4 Å². The van der Waals surface area contributed by atoms with E-state index in [1.807, 2.05) is 13.8 Å². The summed E-state index contributed by atoms with van der Waals surface area (Å²) in [7, 11) is 0. The number of nitrogens with one attached hydrogen (secondary N) is 1. The maximum atomic E-state index is 4.51. The average Bonchev–Trinajstić information content (AvgIpc) is 2.82. The van der Waals surface area contributed by atoms with E-state index in [0.717, 1.165) is 37.0 Å². The maximum absolute atomic E-state index is 4.51. The van der Waals surface area contributed by atoms with Crippen LogP contribution in [0.15, 0.2) is 0 Å². The first kappa shape index (κ1) is 12.2. The van der Waals surface area contributed by atoms with Gasteiger partial charge in [-0.1, -0.05) is 0 Å². The summed E-state index contributed by atoms with van der Waals surface area (Å²) >= 11 is 0. The maximum Gasteiger partial charge on any atom is 0.245 e. The number of anilines is 1. The summed E-state index contributed by atoms with van der Waals surface area (Å²) in [6, 6.07) is 0.570. The first-order valence-electron chi connectivity index (χ1n) is 6.37. The van der Waals surface area contributed by atoms with Gasteiger partial charge in [-0.3, -0.25) is 0 Å². The molecular formula is C12H21N5. The largest absolute Gasteiger partial charge is 0.338 e. The molecule has 0 aliphatic carbocycles. The van der Waals surface area contributed by atoms with E-state index in [1.165, 1.54) is 12.8 Å². The predicted molar refractivity (Wildman–Crippen MR) is 68.2 cm³/mol. The standard InChI is InChI=1S/C12H21N5/c1-4-17(8-11-6-5-7-13-11)12-14-9(2)10(3)15-16-12/h11,13H,4-8H2,1-3H3. The average molecular weight is 235 g/mol. The molecule has 1 atom stereocenters. The van der Waals surface area contributed by atoms with Crippen molar-refractivity contribution in [3.8, 4) is 0 Å². The van der Waals surface area contributed by atoms with Crippen molar-refractivity contribution in [3.63, 3.8) is 0 Å². The summed E-state index contributed by atoms with van der Waals surface area (Å²) in [6.45, 7) is 9.08. The van der Waals surface area contributed by atoms with Crippen molar-refractivity contribution < 1.29 is 0 Å². The molecular weight excluding hydrogens is 214 g/mol. The smallest absolute Gasteiger partial charge is 0.245 e. The minimum absolute atomic E-state index is 0.570. The van der Waals surface area contributed by atoms with Crippen LogP contribution in [0.2, 0.25) is 0 Å². The fraction of sp³-hybridized carbons (Fsp3) is 0.750. The van der Waals surface area contributed by atoms with Gasteiger partial charge in [0.1, 0.15) is 0 Å². The molecule has 1 aliphatic rings. The van der Waals surface area contributed by atoms with E-state index in [1.54, 1.807) is 0 Å². The Hall–Kier alpha value is -1.23. The third-order valence-corrected chi connectivity index (χ3v) is 3.35. The lowest BCUT2D eigenvalue weighted by atomic mass is 10.2. The van der Waals surface area contributed by atoms with Gasteiger partial charge < -0.3 is 10.2 Å². The van der Waals surface area contributed by atoms with Crippen molar-refractivity contribution in [2.75, 3.05) is 24.5 Å².